The molecule has 6 nitrogen and oxygen atoms in total. The van der Waals surface area contributed by atoms with Crippen LogP contribution in [-0.2, 0) is 6.42 Å². The lowest BCUT2D eigenvalue weighted by Gasteiger charge is -2.24. The molecule has 0 atom stereocenters. The van der Waals surface area contributed by atoms with Crippen molar-refractivity contribution in [2.45, 2.75) is 25.7 Å². The lowest BCUT2D eigenvalue weighted by atomic mass is 9.86. The Bertz CT molecular complexity index is 991. The number of H-pyrrole nitrogens is 1. The molecule has 3 aromatic heterocycles. The number of aromatic nitrogens is 3. The first-order valence-electron chi connectivity index (χ1n) is 9.17. The fourth-order valence-corrected chi connectivity index (χ4v) is 3.61. The van der Waals surface area contributed by atoms with Crippen LogP contribution in [0.5, 0.6) is 5.88 Å². The lowest BCUT2D eigenvalue weighted by Crippen LogP contribution is -2.31. The molecule has 4 heterocycles. The third kappa shape index (κ3) is 2.62. The highest BCUT2D eigenvalue weighted by atomic mass is 16.5. The third-order valence-corrected chi connectivity index (χ3v) is 5.34. The summed E-state index contributed by atoms with van der Waals surface area (Å²) in [7, 11) is 0. The summed E-state index contributed by atoms with van der Waals surface area (Å²) in [6, 6.07) is 7.66. The molecule has 2 aliphatic rings. The predicted molar refractivity (Wildman–Crippen MR) is 98.2 cm³/mol. The normalized spacial score (nSPS) is 16.8. The van der Waals surface area contributed by atoms with Gasteiger partial charge in [-0.2, -0.15) is 0 Å². The van der Waals surface area contributed by atoms with Crippen LogP contribution in [0.25, 0.3) is 22.3 Å². The monoisotopic (exact) mass is 348 g/mol. The highest BCUT2D eigenvalue weighted by Crippen LogP contribution is 2.30. The number of carbonyl (C=O) groups is 1. The topological polar surface area (TPSA) is 79.9 Å². The second-order valence-electron chi connectivity index (χ2n) is 7.06. The molecule has 0 saturated heterocycles. The van der Waals surface area contributed by atoms with Crippen molar-refractivity contribution >= 4 is 16.9 Å². The van der Waals surface area contributed by atoms with Gasteiger partial charge in [0, 0.05) is 42.2 Å². The Kier molecular flexibility index (Phi) is 3.62. The molecule has 132 valence electrons. The van der Waals surface area contributed by atoms with Gasteiger partial charge in [-0.3, -0.25) is 9.78 Å². The smallest absolute Gasteiger partial charge is 0.253 e. The summed E-state index contributed by atoms with van der Waals surface area (Å²) in [6.45, 7) is 1.39. The van der Waals surface area contributed by atoms with Crippen molar-refractivity contribution in [3.63, 3.8) is 0 Å². The van der Waals surface area contributed by atoms with Crippen molar-refractivity contribution in [1.82, 2.24) is 20.3 Å². The molecule has 1 amide bonds. The van der Waals surface area contributed by atoms with Crippen molar-refractivity contribution in [3.8, 4) is 17.1 Å². The number of hydrogen-bond donors (Lipinski definition) is 2. The molecule has 0 radical (unpaired) electrons. The molecule has 6 heteroatoms. The first-order chi connectivity index (χ1) is 12.8. The van der Waals surface area contributed by atoms with Gasteiger partial charge in [0.25, 0.3) is 5.91 Å². The van der Waals surface area contributed by atoms with E-state index >= 15 is 0 Å². The van der Waals surface area contributed by atoms with Gasteiger partial charge in [-0.05, 0) is 37.0 Å². The molecule has 0 spiro atoms. The predicted octanol–water partition coefficient (Wildman–Crippen LogP) is 3.09. The van der Waals surface area contributed by atoms with Gasteiger partial charge in [-0.1, -0.05) is 6.42 Å². The number of pyridine rings is 2. The van der Waals surface area contributed by atoms with Gasteiger partial charge >= 0.3 is 0 Å². The van der Waals surface area contributed by atoms with E-state index in [1.165, 1.54) is 19.3 Å². The Balaban J connectivity index is 1.53. The Hall–Kier alpha value is -2.89. The molecule has 2 N–H and O–H groups in total. The highest BCUT2D eigenvalue weighted by Gasteiger charge is 2.21. The molecule has 1 saturated carbocycles. The van der Waals surface area contributed by atoms with Crippen LogP contribution in [0.4, 0.5) is 0 Å². The van der Waals surface area contributed by atoms with Gasteiger partial charge in [0.15, 0.2) is 0 Å². The van der Waals surface area contributed by atoms with Crippen LogP contribution < -0.4 is 10.1 Å². The Morgan fingerprint density at radius 2 is 2.12 bits per heavy atom. The molecule has 0 unspecified atom stereocenters. The Morgan fingerprint density at radius 1 is 1.19 bits per heavy atom. The van der Waals surface area contributed by atoms with E-state index in [0.29, 0.717) is 23.9 Å². The minimum Gasteiger partial charge on any atom is -0.477 e. The molecule has 5 rings (SSSR count). The minimum absolute atomic E-state index is 0.0235. The number of nitrogens with one attached hydrogen (secondary N) is 2. The largest absolute Gasteiger partial charge is 0.477 e. The van der Waals surface area contributed by atoms with Crippen LogP contribution in [-0.4, -0.2) is 34.0 Å². The summed E-state index contributed by atoms with van der Waals surface area (Å²) in [6.07, 6.45) is 6.38. The summed E-state index contributed by atoms with van der Waals surface area (Å²) in [5.74, 6) is 1.27. The van der Waals surface area contributed by atoms with Gasteiger partial charge < -0.3 is 15.0 Å². The second kappa shape index (κ2) is 6.12. The van der Waals surface area contributed by atoms with E-state index in [-0.39, 0.29) is 5.91 Å². The number of rotatable bonds is 4. The molecular weight excluding hydrogens is 328 g/mol. The van der Waals surface area contributed by atoms with E-state index in [0.717, 1.165) is 41.0 Å². The van der Waals surface area contributed by atoms with E-state index in [1.54, 1.807) is 6.20 Å². The number of nitrogens with zero attached hydrogens (tertiary/aromatic N) is 2. The first kappa shape index (κ1) is 15.4. The third-order valence-electron chi connectivity index (χ3n) is 5.34. The van der Waals surface area contributed by atoms with Gasteiger partial charge in [0.2, 0.25) is 5.88 Å². The highest BCUT2D eigenvalue weighted by molar-refractivity contribution is 5.99. The molecular formula is C20H20N4O2. The quantitative estimate of drug-likeness (QED) is 0.759. The van der Waals surface area contributed by atoms with Crippen LogP contribution in [0.1, 0.15) is 35.3 Å². The van der Waals surface area contributed by atoms with Crippen LogP contribution in [0, 0.1) is 5.92 Å². The zero-order chi connectivity index (χ0) is 17.5. The number of hydrogen-bond acceptors (Lipinski definition) is 4. The summed E-state index contributed by atoms with van der Waals surface area (Å²) < 4.78 is 5.89. The molecule has 1 aliphatic heterocycles. The Labute approximate surface area is 151 Å². The zero-order valence-electron chi connectivity index (χ0n) is 14.4. The second-order valence-corrected chi connectivity index (χ2v) is 7.06. The minimum atomic E-state index is -0.0235. The van der Waals surface area contributed by atoms with E-state index in [4.69, 9.17) is 9.72 Å². The summed E-state index contributed by atoms with van der Waals surface area (Å²) in [4.78, 5) is 24.6. The molecule has 1 aliphatic carbocycles. The number of ether oxygens (including phenoxy) is 1. The van der Waals surface area contributed by atoms with Gasteiger partial charge in [-0.25, -0.2) is 4.98 Å². The zero-order valence-corrected chi connectivity index (χ0v) is 14.4. The fraction of sp³-hybridized carbons (Fsp3) is 0.350. The van der Waals surface area contributed by atoms with Crippen LogP contribution >= 0.6 is 0 Å². The standard InChI is InChI=1S/C20H20N4O2/c25-20-14-10-17(23-15(14)7-9-22-20)13-6-8-21-16-4-5-18(24-19(13)16)26-11-12-2-1-3-12/h4-6,8,10,12,23H,1-3,7,9,11H2,(H,22,25). The molecule has 3 aromatic rings. The van der Waals surface area contributed by atoms with Crippen molar-refractivity contribution in [2.24, 2.45) is 5.92 Å². The SMILES string of the molecule is O=C1NCCc2[nH]c(-c3ccnc4ccc(OCC5CCC5)nc34)cc21. The average molecular weight is 348 g/mol. The van der Waals surface area contributed by atoms with Gasteiger partial charge in [0.05, 0.1) is 17.7 Å². The van der Waals surface area contributed by atoms with E-state index in [2.05, 4.69) is 15.3 Å². The van der Waals surface area contributed by atoms with Crippen LogP contribution in [0.2, 0.25) is 0 Å². The summed E-state index contributed by atoms with van der Waals surface area (Å²) in [5.41, 5.74) is 5.13. The fourth-order valence-electron chi connectivity index (χ4n) is 3.61. The van der Waals surface area contributed by atoms with Crippen LogP contribution in [0.15, 0.2) is 30.5 Å². The van der Waals surface area contributed by atoms with E-state index in [9.17, 15) is 4.79 Å². The number of aromatic amines is 1. The van der Waals surface area contributed by atoms with Gasteiger partial charge in [-0.15, -0.1) is 0 Å². The number of amides is 1. The first-order valence-corrected chi connectivity index (χ1v) is 9.17. The summed E-state index contributed by atoms with van der Waals surface area (Å²) in [5, 5.41) is 2.88. The molecule has 1 fully saturated rings. The van der Waals surface area contributed by atoms with E-state index in [1.807, 2.05) is 24.3 Å². The van der Waals surface area contributed by atoms with Crippen molar-refractivity contribution < 1.29 is 9.53 Å². The van der Waals surface area contributed by atoms with Crippen molar-refractivity contribution in [1.29, 1.82) is 0 Å². The maximum atomic E-state index is 12.1. The number of fused-ring (bicyclic) bond motifs is 2. The maximum absolute atomic E-state index is 12.1. The average Bonchev–Trinajstić information content (AvgIpc) is 3.05. The number of carbonyl (C=O) groups excluding carboxylic acids is 1. The Morgan fingerprint density at radius 3 is 2.92 bits per heavy atom. The van der Waals surface area contributed by atoms with Gasteiger partial charge in [0.1, 0.15) is 5.52 Å². The molecule has 26 heavy (non-hydrogen) atoms. The lowest BCUT2D eigenvalue weighted by molar-refractivity contribution is 0.0946. The molecule has 0 bridgehead atoms. The van der Waals surface area contributed by atoms with Crippen molar-refractivity contribution in [3.05, 3.63) is 41.7 Å². The maximum Gasteiger partial charge on any atom is 0.253 e. The van der Waals surface area contributed by atoms with E-state index < -0.39 is 0 Å². The van der Waals surface area contributed by atoms with Crippen LogP contribution in [0.3, 0.4) is 0 Å². The molecule has 0 aromatic carbocycles. The summed E-state index contributed by atoms with van der Waals surface area (Å²) >= 11 is 0. The van der Waals surface area contributed by atoms with Crippen molar-refractivity contribution in [2.75, 3.05) is 13.2 Å².